The lowest BCUT2D eigenvalue weighted by Gasteiger charge is -2.33. The Morgan fingerprint density at radius 2 is 1.69 bits per heavy atom. The van der Waals surface area contributed by atoms with Crippen LogP contribution in [0, 0.1) is 0 Å². The third-order valence-corrected chi connectivity index (χ3v) is 4.63. The zero-order valence-corrected chi connectivity index (χ0v) is 16.4. The number of ether oxygens (including phenoxy) is 2. The van der Waals surface area contributed by atoms with Crippen LogP contribution in [-0.4, -0.2) is 42.1 Å². The predicted octanol–water partition coefficient (Wildman–Crippen LogP) is 3.95. The van der Waals surface area contributed by atoms with E-state index in [1.165, 1.54) is 26.4 Å². The Kier molecular flexibility index (Phi) is 7.21. The smallest absolute Gasteiger partial charge is 0.338 e. The molecule has 0 bridgehead atoms. The number of carbonyl (C=O) groups excluding carboxylic acids is 2. The first-order valence-corrected chi connectivity index (χ1v) is 9.41. The summed E-state index contributed by atoms with van der Waals surface area (Å²) in [6, 6.07) is 7.87. The standard InChI is InChI=1S/C21H31NO4/c1-21(2,3)26-20(24)17-12-10-16(11-13-17)14-22(15-19(23)25-4)18-8-6-5-7-9-18/h10-13,18H,5-9,14-15H2,1-4H3. The van der Waals surface area contributed by atoms with Crippen LogP contribution >= 0.6 is 0 Å². The van der Waals surface area contributed by atoms with Gasteiger partial charge in [0.15, 0.2) is 0 Å². The average Bonchev–Trinajstić information content (AvgIpc) is 2.61. The predicted molar refractivity (Wildman–Crippen MR) is 101 cm³/mol. The molecule has 0 aliphatic heterocycles. The van der Waals surface area contributed by atoms with Crippen molar-refractivity contribution in [1.29, 1.82) is 0 Å². The molecule has 0 amide bonds. The molecule has 0 N–H and O–H groups in total. The van der Waals surface area contributed by atoms with Crippen LogP contribution in [0.2, 0.25) is 0 Å². The molecule has 0 unspecified atom stereocenters. The summed E-state index contributed by atoms with van der Waals surface area (Å²) in [6.07, 6.45) is 5.92. The lowest BCUT2D eigenvalue weighted by Crippen LogP contribution is -2.40. The zero-order chi connectivity index (χ0) is 19.2. The van der Waals surface area contributed by atoms with Crippen LogP contribution in [0.4, 0.5) is 0 Å². The summed E-state index contributed by atoms with van der Waals surface area (Å²) in [7, 11) is 1.43. The van der Waals surface area contributed by atoms with Crippen LogP contribution in [0.25, 0.3) is 0 Å². The van der Waals surface area contributed by atoms with Crippen LogP contribution in [0.3, 0.4) is 0 Å². The molecule has 1 fully saturated rings. The Morgan fingerprint density at radius 3 is 2.23 bits per heavy atom. The third kappa shape index (κ3) is 6.45. The van der Waals surface area contributed by atoms with Crippen LogP contribution in [0.5, 0.6) is 0 Å². The fraction of sp³-hybridized carbons (Fsp3) is 0.619. The van der Waals surface area contributed by atoms with Crippen molar-refractivity contribution >= 4 is 11.9 Å². The van der Waals surface area contributed by atoms with E-state index in [1.807, 2.05) is 32.9 Å². The van der Waals surface area contributed by atoms with Gasteiger partial charge in [-0.1, -0.05) is 31.4 Å². The van der Waals surface area contributed by atoms with Gasteiger partial charge in [0.25, 0.3) is 0 Å². The van der Waals surface area contributed by atoms with Gasteiger partial charge in [-0.3, -0.25) is 9.69 Å². The van der Waals surface area contributed by atoms with Crippen molar-refractivity contribution < 1.29 is 19.1 Å². The van der Waals surface area contributed by atoms with Gasteiger partial charge in [0.1, 0.15) is 5.60 Å². The van der Waals surface area contributed by atoms with Gasteiger partial charge in [0.2, 0.25) is 0 Å². The van der Waals surface area contributed by atoms with Gasteiger partial charge < -0.3 is 9.47 Å². The first-order chi connectivity index (χ1) is 12.3. The van der Waals surface area contributed by atoms with E-state index in [9.17, 15) is 9.59 Å². The Bertz CT molecular complexity index is 597. The highest BCUT2D eigenvalue weighted by atomic mass is 16.6. The molecule has 26 heavy (non-hydrogen) atoms. The van der Waals surface area contributed by atoms with E-state index in [4.69, 9.17) is 9.47 Å². The molecular weight excluding hydrogens is 330 g/mol. The Hall–Kier alpha value is -1.88. The van der Waals surface area contributed by atoms with Crippen LogP contribution in [-0.2, 0) is 20.8 Å². The highest BCUT2D eigenvalue weighted by Crippen LogP contribution is 2.24. The number of carbonyl (C=O) groups is 2. The maximum Gasteiger partial charge on any atom is 0.338 e. The van der Waals surface area contributed by atoms with Crippen molar-refractivity contribution in [1.82, 2.24) is 4.90 Å². The normalized spacial score (nSPS) is 15.7. The molecule has 5 nitrogen and oxygen atoms in total. The van der Waals surface area contributed by atoms with Gasteiger partial charge in [-0.2, -0.15) is 0 Å². The lowest BCUT2D eigenvalue weighted by atomic mass is 9.93. The van der Waals surface area contributed by atoms with E-state index in [0.717, 1.165) is 18.4 Å². The SMILES string of the molecule is COC(=O)CN(Cc1ccc(C(=O)OC(C)(C)C)cc1)C1CCCCC1. The quantitative estimate of drug-likeness (QED) is 0.718. The van der Waals surface area contributed by atoms with E-state index < -0.39 is 5.60 Å². The number of benzene rings is 1. The highest BCUT2D eigenvalue weighted by molar-refractivity contribution is 5.89. The number of esters is 2. The number of methoxy groups -OCH3 is 1. The first-order valence-electron chi connectivity index (χ1n) is 9.41. The molecule has 5 heteroatoms. The summed E-state index contributed by atoms with van der Waals surface area (Å²) in [5.41, 5.74) is 1.11. The van der Waals surface area contributed by atoms with Crippen molar-refractivity contribution in [3.05, 3.63) is 35.4 Å². The molecule has 1 aromatic carbocycles. The minimum absolute atomic E-state index is 0.207. The van der Waals surface area contributed by atoms with Gasteiger partial charge in [-0.15, -0.1) is 0 Å². The summed E-state index contributed by atoms with van der Waals surface area (Å²) in [5, 5.41) is 0. The van der Waals surface area contributed by atoms with E-state index in [0.29, 0.717) is 24.7 Å². The van der Waals surface area contributed by atoms with Gasteiger partial charge in [0.05, 0.1) is 19.2 Å². The highest BCUT2D eigenvalue weighted by Gasteiger charge is 2.24. The lowest BCUT2D eigenvalue weighted by molar-refractivity contribution is -0.142. The summed E-state index contributed by atoms with van der Waals surface area (Å²) in [6.45, 7) is 6.54. The number of rotatable bonds is 6. The van der Waals surface area contributed by atoms with E-state index in [-0.39, 0.29) is 11.9 Å². The number of hydrogen-bond donors (Lipinski definition) is 0. The number of nitrogens with zero attached hydrogens (tertiary/aromatic N) is 1. The molecular formula is C21H31NO4. The zero-order valence-electron chi connectivity index (χ0n) is 16.4. The van der Waals surface area contributed by atoms with Gasteiger partial charge in [-0.05, 0) is 51.3 Å². The monoisotopic (exact) mass is 361 g/mol. The number of hydrogen-bond acceptors (Lipinski definition) is 5. The van der Waals surface area contributed by atoms with Gasteiger partial charge >= 0.3 is 11.9 Å². The average molecular weight is 361 g/mol. The molecule has 1 saturated carbocycles. The van der Waals surface area contributed by atoms with Crippen LogP contribution < -0.4 is 0 Å². The van der Waals surface area contributed by atoms with Gasteiger partial charge in [-0.25, -0.2) is 4.79 Å². The van der Waals surface area contributed by atoms with Crippen LogP contribution in [0.15, 0.2) is 24.3 Å². The van der Waals surface area contributed by atoms with E-state index in [1.54, 1.807) is 12.1 Å². The van der Waals surface area contributed by atoms with Crippen molar-refractivity contribution in [3.8, 4) is 0 Å². The van der Waals surface area contributed by atoms with Crippen molar-refractivity contribution in [2.24, 2.45) is 0 Å². The second-order valence-electron chi connectivity index (χ2n) is 7.97. The second kappa shape index (κ2) is 9.17. The molecule has 0 radical (unpaired) electrons. The topological polar surface area (TPSA) is 55.8 Å². The molecule has 1 aliphatic rings. The van der Waals surface area contributed by atoms with Gasteiger partial charge in [0, 0.05) is 12.6 Å². The van der Waals surface area contributed by atoms with Crippen molar-refractivity contribution in [2.75, 3.05) is 13.7 Å². The molecule has 0 aromatic heterocycles. The Balaban J connectivity index is 2.05. The Labute approximate surface area is 156 Å². The fourth-order valence-electron chi connectivity index (χ4n) is 3.31. The van der Waals surface area contributed by atoms with Crippen molar-refractivity contribution in [3.63, 3.8) is 0 Å². The first kappa shape index (κ1) is 20.4. The minimum atomic E-state index is -0.506. The molecule has 1 aliphatic carbocycles. The van der Waals surface area contributed by atoms with E-state index in [2.05, 4.69) is 4.90 Å². The summed E-state index contributed by atoms with van der Waals surface area (Å²) in [5.74, 6) is -0.524. The molecule has 0 spiro atoms. The van der Waals surface area contributed by atoms with Crippen LogP contribution in [0.1, 0.15) is 68.8 Å². The summed E-state index contributed by atoms with van der Waals surface area (Å²) in [4.78, 5) is 26.1. The van der Waals surface area contributed by atoms with E-state index >= 15 is 0 Å². The molecule has 0 atom stereocenters. The maximum atomic E-state index is 12.1. The molecule has 0 heterocycles. The Morgan fingerprint density at radius 1 is 1.08 bits per heavy atom. The molecule has 1 aromatic rings. The molecule has 0 saturated heterocycles. The summed E-state index contributed by atoms with van der Waals surface area (Å²) < 4.78 is 10.3. The second-order valence-corrected chi connectivity index (χ2v) is 7.97. The molecule has 2 rings (SSSR count). The minimum Gasteiger partial charge on any atom is -0.468 e. The van der Waals surface area contributed by atoms with Crippen molar-refractivity contribution in [2.45, 2.75) is 71.1 Å². The molecule has 144 valence electrons. The summed E-state index contributed by atoms with van der Waals surface area (Å²) >= 11 is 0. The fourth-order valence-corrected chi connectivity index (χ4v) is 3.31. The maximum absolute atomic E-state index is 12.1. The third-order valence-electron chi connectivity index (χ3n) is 4.63. The largest absolute Gasteiger partial charge is 0.468 e.